The smallest absolute Gasteiger partial charge is 0.252 e. The summed E-state index contributed by atoms with van der Waals surface area (Å²) in [4.78, 5) is 12.6. The molecule has 1 aromatic rings. The third-order valence-corrected chi connectivity index (χ3v) is 4.55. The Bertz CT molecular complexity index is 778. The maximum absolute atomic E-state index is 13.2. The summed E-state index contributed by atoms with van der Waals surface area (Å²) in [5.74, 6) is -2.75. The van der Waals surface area contributed by atoms with Gasteiger partial charge in [-0.3, -0.25) is 4.79 Å². The molecular formula is C19H19F2N3O. The number of aldehydes is 1. The first-order valence-electron chi connectivity index (χ1n) is 8.05. The summed E-state index contributed by atoms with van der Waals surface area (Å²) in [6.45, 7) is 5.88. The monoisotopic (exact) mass is 343 g/mol. The quantitative estimate of drug-likeness (QED) is 0.349. The number of carbonyl (C=O) groups excluding carboxylic acids is 1. The van der Waals surface area contributed by atoms with Gasteiger partial charge in [0, 0.05) is 43.8 Å². The van der Waals surface area contributed by atoms with Gasteiger partial charge in [-0.15, -0.1) is 5.10 Å². The number of halogens is 2. The molecule has 1 aliphatic carbocycles. The molecular weight excluding hydrogens is 324 g/mol. The van der Waals surface area contributed by atoms with Crippen LogP contribution in [0.15, 0.2) is 52.3 Å². The second-order valence-electron chi connectivity index (χ2n) is 6.40. The summed E-state index contributed by atoms with van der Waals surface area (Å²) >= 11 is 0. The zero-order valence-electron chi connectivity index (χ0n) is 14.0. The Morgan fingerprint density at radius 3 is 2.60 bits per heavy atom. The van der Waals surface area contributed by atoms with Crippen molar-refractivity contribution in [3.8, 4) is 0 Å². The summed E-state index contributed by atoms with van der Waals surface area (Å²) in [6, 6.07) is 7.33. The van der Waals surface area contributed by atoms with Crippen LogP contribution in [0.3, 0.4) is 0 Å². The van der Waals surface area contributed by atoms with Crippen LogP contribution in [0.1, 0.15) is 35.7 Å². The summed E-state index contributed by atoms with van der Waals surface area (Å²) in [5, 5.41) is 7.49. The molecule has 1 fully saturated rings. The number of benzene rings is 1. The van der Waals surface area contributed by atoms with Gasteiger partial charge in [-0.2, -0.15) is 5.10 Å². The average Bonchev–Trinajstić information content (AvgIpc) is 3.21. The van der Waals surface area contributed by atoms with E-state index in [9.17, 15) is 13.6 Å². The van der Waals surface area contributed by atoms with Crippen LogP contribution in [0, 0.1) is 5.92 Å². The number of hydrogen-bond donors (Lipinski definition) is 0. The molecule has 4 nitrogen and oxygen atoms in total. The molecule has 25 heavy (non-hydrogen) atoms. The molecule has 1 atom stereocenters. The molecule has 1 unspecified atom stereocenters. The fraction of sp³-hybridized carbons (Fsp3) is 0.316. The Kier molecular flexibility index (Phi) is 4.61. The van der Waals surface area contributed by atoms with Crippen molar-refractivity contribution in [2.24, 2.45) is 16.1 Å². The van der Waals surface area contributed by atoms with Gasteiger partial charge in [0.25, 0.3) is 5.92 Å². The van der Waals surface area contributed by atoms with Gasteiger partial charge in [-0.05, 0) is 29.7 Å². The average molecular weight is 343 g/mol. The Hall–Kier alpha value is -2.63. The van der Waals surface area contributed by atoms with Gasteiger partial charge in [-0.1, -0.05) is 24.3 Å². The highest BCUT2D eigenvalue weighted by molar-refractivity contribution is 5.87. The van der Waals surface area contributed by atoms with Crippen molar-refractivity contribution >= 4 is 24.4 Å². The molecule has 0 aromatic heterocycles. The molecule has 0 spiro atoms. The van der Waals surface area contributed by atoms with E-state index in [0.29, 0.717) is 17.9 Å². The third-order valence-electron chi connectivity index (χ3n) is 4.55. The number of rotatable bonds is 5. The molecule has 130 valence electrons. The molecule has 1 heterocycles. The highest BCUT2D eigenvalue weighted by atomic mass is 19.3. The lowest BCUT2D eigenvalue weighted by Crippen LogP contribution is -2.30. The van der Waals surface area contributed by atoms with E-state index in [2.05, 4.69) is 16.9 Å². The first kappa shape index (κ1) is 17.2. The molecule has 1 aromatic carbocycles. The predicted molar refractivity (Wildman–Crippen MR) is 94.9 cm³/mol. The third kappa shape index (κ3) is 3.73. The molecule has 0 N–H and O–H groups in total. The minimum absolute atomic E-state index is 0.0934. The highest BCUT2D eigenvalue weighted by Gasteiger charge is 2.57. The number of carbonyl (C=O) groups is 1. The van der Waals surface area contributed by atoms with Crippen LogP contribution in [0.4, 0.5) is 8.78 Å². The number of allylic oxidation sites excluding steroid dienone is 2. The summed E-state index contributed by atoms with van der Waals surface area (Å²) in [6.07, 6.45) is 4.66. The van der Waals surface area contributed by atoms with E-state index in [0.717, 1.165) is 23.0 Å². The predicted octanol–water partition coefficient (Wildman–Crippen LogP) is 4.16. The summed E-state index contributed by atoms with van der Waals surface area (Å²) in [5.41, 5.74) is 3.77. The van der Waals surface area contributed by atoms with Crippen molar-refractivity contribution < 1.29 is 13.6 Å². The van der Waals surface area contributed by atoms with E-state index >= 15 is 0 Å². The lowest BCUT2D eigenvalue weighted by atomic mass is 9.97. The van der Waals surface area contributed by atoms with Crippen LogP contribution in [-0.2, 0) is 0 Å². The SMILES string of the molecule is C=N/N=C(/CC1CC1(F)F)N1C=CC(c2ccc(C=O)cc2)=C(C)C1. The van der Waals surface area contributed by atoms with Gasteiger partial charge in [0.2, 0.25) is 0 Å². The topological polar surface area (TPSA) is 45.0 Å². The first-order chi connectivity index (χ1) is 11.9. The number of amidine groups is 1. The number of hydrogen-bond acceptors (Lipinski definition) is 3. The van der Waals surface area contributed by atoms with Gasteiger partial charge < -0.3 is 4.90 Å². The maximum atomic E-state index is 13.2. The van der Waals surface area contributed by atoms with Gasteiger partial charge in [-0.25, -0.2) is 8.78 Å². The van der Waals surface area contributed by atoms with Crippen LogP contribution in [0.5, 0.6) is 0 Å². The van der Waals surface area contributed by atoms with Crippen molar-refractivity contribution in [1.29, 1.82) is 0 Å². The Balaban J connectivity index is 1.76. The molecule has 1 saturated carbocycles. The lowest BCUT2D eigenvalue weighted by Gasteiger charge is -2.27. The van der Waals surface area contributed by atoms with Crippen molar-refractivity contribution in [3.63, 3.8) is 0 Å². The normalized spacial score (nSPS) is 22.1. The maximum Gasteiger partial charge on any atom is 0.252 e. The van der Waals surface area contributed by atoms with Crippen LogP contribution in [0.25, 0.3) is 5.57 Å². The molecule has 0 radical (unpaired) electrons. The Labute approximate surface area is 145 Å². The van der Waals surface area contributed by atoms with E-state index in [1.54, 1.807) is 12.1 Å². The van der Waals surface area contributed by atoms with E-state index in [-0.39, 0.29) is 12.8 Å². The van der Waals surface area contributed by atoms with Crippen molar-refractivity contribution in [2.75, 3.05) is 6.54 Å². The van der Waals surface area contributed by atoms with Crippen LogP contribution < -0.4 is 0 Å². The molecule has 6 heteroatoms. The first-order valence-corrected chi connectivity index (χ1v) is 8.05. The van der Waals surface area contributed by atoms with Gasteiger partial charge >= 0.3 is 0 Å². The van der Waals surface area contributed by atoms with E-state index in [1.165, 1.54) is 0 Å². The second-order valence-corrected chi connectivity index (χ2v) is 6.40. The van der Waals surface area contributed by atoms with Gasteiger partial charge in [0.15, 0.2) is 0 Å². The van der Waals surface area contributed by atoms with E-state index in [4.69, 9.17) is 0 Å². The Morgan fingerprint density at radius 1 is 1.40 bits per heavy atom. The van der Waals surface area contributed by atoms with Gasteiger partial charge in [0.1, 0.15) is 12.1 Å². The largest absolute Gasteiger partial charge is 0.331 e. The Morgan fingerprint density at radius 2 is 2.08 bits per heavy atom. The standard InChI is InChI=1S/C19H19F2N3O/c1-13-11-24(18(23-22-2)9-16-10-19(16,20)21)8-7-17(13)15-5-3-14(12-25)4-6-15/h3-8,12,16H,2,9-11H2,1H3/b23-18-. The zero-order chi connectivity index (χ0) is 18.0. The molecule has 1 aliphatic heterocycles. The zero-order valence-corrected chi connectivity index (χ0v) is 14.0. The van der Waals surface area contributed by atoms with Crippen LogP contribution in [-0.4, -0.2) is 36.2 Å². The number of alkyl halides is 2. The van der Waals surface area contributed by atoms with Gasteiger partial charge in [0.05, 0.1) is 0 Å². The fourth-order valence-electron chi connectivity index (χ4n) is 2.97. The van der Waals surface area contributed by atoms with E-state index in [1.807, 2.05) is 36.2 Å². The van der Waals surface area contributed by atoms with Crippen molar-refractivity contribution in [1.82, 2.24) is 4.90 Å². The molecule has 0 saturated heterocycles. The summed E-state index contributed by atoms with van der Waals surface area (Å²) < 4.78 is 26.4. The van der Waals surface area contributed by atoms with Crippen LogP contribution >= 0.6 is 0 Å². The molecule has 3 rings (SSSR count). The number of nitrogens with zero attached hydrogens (tertiary/aromatic N) is 3. The second kappa shape index (κ2) is 6.70. The highest BCUT2D eigenvalue weighted by Crippen LogP contribution is 2.51. The minimum atomic E-state index is -2.59. The van der Waals surface area contributed by atoms with E-state index < -0.39 is 11.8 Å². The fourth-order valence-corrected chi connectivity index (χ4v) is 2.97. The molecule has 0 bridgehead atoms. The summed E-state index contributed by atoms with van der Waals surface area (Å²) in [7, 11) is 0. The van der Waals surface area contributed by atoms with Crippen molar-refractivity contribution in [2.45, 2.75) is 25.7 Å². The molecule has 0 amide bonds. The minimum Gasteiger partial charge on any atom is -0.331 e. The molecule has 2 aliphatic rings. The lowest BCUT2D eigenvalue weighted by molar-refractivity contribution is 0.0997. The van der Waals surface area contributed by atoms with Crippen LogP contribution in [0.2, 0.25) is 0 Å². The van der Waals surface area contributed by atoms with Crippen molar-refractivity contribution in [3.05, 3.63) is 53.2 Å².